The first-order valence-corrected chi connectivity index (χ1v) is 14.1. The highest BCUT2D eigenvalue weighted by Crippen LogP contribution is 2.41. The number of benzene rings is 2. The Hall–Kier alpha value is -3.28. The predicted molar refractivity (Wildman–Crippen MR) is 138 cm³/mol. The van der Waals surface area contributed by atoms with E-state index in [1.54, 1.807) is 24.7 Å². The number of aromatic nitrogens is 3. The topological polar surface area (TPSA) is 86.1 Å². The van der Waals surface area contributed by atoms with Crippen LogP contribution in [0, 0.1) is 17.6 Å². The summed E-state index contributed by atoms with van der Waals surface area (Å²) in [5, 5.41) is 1.43. The number of hydrogen-bond donors (Lipinski definition) is 1. The molecule has 0 bridgehead atoms. The zero-order valence-electron chi connectivity index (χ0n) is 19.2. The van der Waals surface area contributed by atoms with Crippen LogP contribution in [0.2, 0.25) is 5.02 Å². The van der Waals surface area contributed by atoms with Gasteiger partial charge in [-0.15, -0.1) is 11.3 Å². The fourth-order valence-corrected chi connectivity index (χ4v) is 6.36. The molecule has 7 nitrogen and oxygen atoms in total. The summed E-state index contributed by atoms with van der Waals surface area (Å²) in [6.45, 7) is 0.119. The van der Waals surface area contributed by atoms with Gasteiger partial charge in [0.05, 0.1) is 23.5 Å². The van der Waals surface area contributed by atoms with E-state index in [1.807, 2.05) is 10.8 Å². The summed E-state index contributed by atoms with van der Waals surface area (Å²) >= 11 is 7.54. The summed E-state index contributed by atoms with van der Waals surface area (Å²) in [6, 6.07) is 8.20. The van der Waals surface area contributed by atoms with E-state index in [9.17, 15) is 17.2 Å². The number of nitrogens with zero attached hydrogens (tertiary/aromatic N) is 3. The van der Waals surface area contributed by atoms with Crippen LogP contribution in [0.15, 0.2) is 77.0 Å². The Bertz CT molecular complexity index is 1510. The van der Waals surface area contributed by atoms with Crippen LogP contribution in [0.4, 0.5) is 14.6 Å². The monoisotopic (exact) mass is 562 g/mol. The Morgan fingerprint density at radius 1 is 1.22 bits per heavy atom. The number of ether oxygens (including phenoxy) is 1. The van der Waals surface area contributed by atoms with Crippen LogP contribution in [0.1, 0.15) is 24.4 Å². The number of thiazole rings is 1. The average molecular weight is 563 g/mol. The maximum absolute atomic E-state index is 15.0. The summed E-state index contributed by atoms with van der Waals surface area (Å²) in [4.78, 5) is 7.41. The molecule has 0 amide bonds. The lowest BCUT2D eigenvalue weighted by Gasteiger charge is -2.34. The van der Waals surface area contributed by atoms with E-state index >= 15 is 0 Å². The van der Waals surface area contributed by atoms with Gasteiger partial charge in [-0.1, -0.05) is 29.8 Å². The number of halogens is 3. The van der Waals surface area contributed by atoms with Crippen LogP contribution in [-0.4, -0.2) is 29.6 Å². The molecule has 0 unspecified atom stereocenters. The lowest BCUT2D eigenvalue weighted by molar-refractivity contribution is 0.222. The first-order valence-electron chi connectivity index (χ1n) is 11.3. The first-order chi connectivity index (χ1) is 17.8. The van der Waals surface area contributed by atoms with E-state index in [1.165, 1.54) is 34.4 Å². The third-order valence-corrected chi connectivity index (χ3v) is 8.39. The van der Waals surface area contributed by atoms with E-state index in [0.29, 0.717) is 0 Å². The van der Waals surface area contributed by atoms with Gasteiger partial charge < -0.3 is 9.30 Å². The second kappa shape index (κ2) is 10.6. The highest BCUT2D eigenvalue weighted by Gasteiger charge is 2.31. The highest BCUT2D eigenvalue weighted by atomic mass is 35.5. The second-order valence-electron chi connectivity index (χ2n) is 8.43. The van der Waals surface area contributed by atoms with Crippen molar-refractivity contribution in [3.63, 3.8) is 0 Å². The van der Waals surface area contributed by atoms with Crippen molar-refractivity contribution in [2.45, 2.75) is 23.8 Å². The van der Waals surface area contributed by atoms with Crippen molar-refractivity contribution in [3.8, 4) is 5.75 Å². The van der Waals surface area contributed by atoms with Crippen LogP contribution in [0.25, 0.3) is 5.57 Å². The van der Waals surface area contributed by atoms with Crippen molar-refractivity contribution in [2.24, 2.45) is 5.92 Å². The predicted octanol–water partition coefficient (Wildman–Crippen LogP) is 6.19. The molecule has 1 N–H and O–H groups in total. The molecule has 37 heavy (non-hydrogen) atoms. The molecule has 0 radical (unpaired) electrons. The number of rotatable bonds is 8. The third-order valence-electron chi connectivity index (χ3n) is 6.14. The van der Waals surface area contributed by atoms with Crippen LogP contribution >= 0.6 is 22.9 Å². The molecule has 4 aromatic rings. The second-order valence-corrected chi connectivity index (χ2v) is 11.2. The van der Waals surface area contributed by atoms with Crippen molar-refractivity contribution >= 4 is 44.4 Å². The molecule has 0 saturated heterocycles. The minimum atomic E-state index is -4.25. The van der Waals surface area contributed by atoms with Crippen molar-refractivity contribution < 1.29 is 21.9 Å². The minimum Gasteiger partial charge on any atom is -0.491 e. The fraction of sp³-hybridized carbons (Fsp3) is 0.200. The quantitative estimate of drug-likeness (QED) is 0.277. The van der Waals surface area contributed by atoms with Crippen LogP contribution in [0.3, 0.4) is 0 Å². The smallest absolute Gasteiger partial charge is 0.266 e. The van der Waals surface area contributed by atoms with Gasteiger partial charge in [0, 0.05) is 35.8 Å². The Labute approximate surface area is 221 Å². The number of imidazole rings is 1. The molecule has 5 rings (SSSR count). The summed E-state index contributed by atoms with van der Waals surface area (Å²) in [5.41, 5.74) is 3.27. The van der Waals surface area contributed by atoms with E-state index in [0.717, 1.165) is 36.1 Å². The van der Waals surface area contributed by atoms with Gasteiger partial charge in [-0.2, -0.15) is 0 Å². The average Bonchev–Trinajstić information content (AvgIpc) is 3.59. The zero-order valence-corrected chi connectivity index (χ0v) is 21.6. The third kappa shape index (κ3) is 5.53. The van der Waals surface area contributed by atoms with Gasteiger partial charge in [-0.25, -0.2) is 27.2 Å². The van der Waals surface area contributed by atoms with Gasteiger partial charge in [-0.3, -0.25) is 4.72 Å². The lowest BCUT2D eigenvalue weighted by atomic mass is 9.80. The van der Waals surface area contributed by atoms with Gasteiger partial charge >= 0.3 is 0 Å². The molecule has 2 aromatic heterocycles. The van der Waals surface area contributed by atoms with E-state index in [2.05, 4.69) is 20.8 Å². The molecule has 1 aliphatic carbocycles. The number of sulfonamides is 1. The molecule has 192 valence electrons. The molecule has 0 saturated carbocycles. The van der Waals surface area contributed by atoms with E-state index in [4.69, 9.17) is 16.3 Å². The molecule has 2 heterocycles. The van der Waals surface area contributed by atoms with Crippen molar-refractivity contribution in [3.05, 3.63) is 94.3 Å². The molecule has 0 spiro atoms. The van der Waals surface area contributed by atoms with E-state index in [-0.39, 0.29) is 41.0 Å². The van der Waals surface area contributed by atoms with Gasteiger partial charge in [0.25, 0.3) is 10.0 Å². The van der Waals surface area contributed by atoms with Crippen molar-refractivity contribution in [2.75, 3.05) is 11.3 Å². The van der Waals surface area contributed by atoms with Gasteiger partial charge in [-0.05, 0) is 42.2 Å². The highest BCUT2D eigenvalue weighted by molar-refractivity contribution is 7.92. The number of nitrogens with one attached hydrogen (secondary N) is 1. The first kappa shape index (κ1) is 25.4. The number of allylic oxidation sites excluding steroid dienone is 1. The van der Waals surface area contributed by atoms with Crippen molar-refractivity contribution in [1.82, 2.24) is 14.5 Å². The number of anilines is 1. The maximum Gasteiger partial charge on any atom is 0.266 e. The summed E-state index contributed by atoms with van der Waals surface area (Å²) in [6.07, 6.45) is 9.01. The van der Waals surface area contributed by atoms with Crippen molar-refractivity contribution in [1.29, 1.82) is 0 Å². The Morgan fingerprint density at radius 2 is 2.03 bits per heavy atom. The van der Waals surface area contributed by atoms with Crippen LogP contribution in [0.5, 0.6) is 5.75 Å². The van der Waals surface area contributed by atoms with Gasteiger partial charge in [0.1, 0.15) is 22.3 Å². The van der Waals surface area contributed by atoms with Gasteiger partial charge in [0.15, 0.2) is 5.82 Å². The molecular weight excluding hydrogens is 542 g/mol. The Balaban J connectivity index is 1.42. The lowest BCUT2D eigenvalue weighted by Crippen LogP contribution is -2.28. The Kier molecular flexibility index (Phi) is 7.27. The standard InChI is InChI=1S/C25H21ClF2N4O3S2/c26-20-10-24(37(33,34)31-25-13-36-15-30-25)21(28)11-23(20)35-12-19-18(16-4-6-17(27)7-5-16)2-1-3-22(19)32-9-8-29-14-32/h2,4-11,13-15,19,22,31H,1,3,12H2/t19-,22-/m1/s1. The number of hydrogen-bond acceptors (Lipinski definition) is 6. The summed E-state index contributed by atoms with van der Waals surface area (Å²) in [7, 11) is -4.25. The van der Waals surface area contributed by atoms with Crippen LogP contribution < -0.4 is 9.46 Å². The SMILES string of the molecule is O=S(=O)(Nc1cscn1)c1cc(Cl)c(OC[C@@H]2C(c3ccc(F)cc3)=CCC[C@H]2n2ccnc2)cc1F. The van der Waals surface area contributed by atoms with Crippen LogP contribution in [-0.2, 0) is 10.0 Å². The molecule has 2 aromatic carbocycles. The molecule has 0 aliphatic heterocycles. The minimum absolute atomic E-state index is 0.0141. The normalized spacial score (nSPS) is 17.9. The maximum atomic E-state index is 15.0. The summed E-state index contributed by atoms with van der Waals surface area (Å²) < 4.78 is 64.1. The largest absolute Gasteiger partial charge is 0.491 e. The van der Waals surface area contributed by atoms with E-state index < -0.39 is 20.7 Å². The van der Waals surface area contributed by atoms with Gasteiger partial charge in [0.2, 0.25) is 0 Å². The fourth-order valence-electron chi connectivity index (χ4n) is 4.43. The summed E-state index contributed by atoms with van der Waals surface area (Å²) in [5.74, 6) is -1.43. The zero-order chi connectivity index (χ0) is 26.0. The Morgan fingerprint density at radius 3 is 2.73 bits per heavy atom. The molecule has 0 fully saturated rings. The molecular formula is C25H21ClF2N4O3S2. The molecule has 1 aliphatic rings. The molecule has 2 atom stereocenters. The molecule has 12 heteroatoms.